The summed E-state index contributed by atoms with van der Waals surface area (Å²) in [5, 5.41) is 8.51. The molecule has 0 heterocycles. The Morgan fingerprint density at radius 3 is 2.62 bits per heavy atom. The monoisotopic (exact) mass is 227 g/mol. The molecule has 0 bridgehead atoms. The van der Waals surface area contributed by atoms with Crippen LogP contribution >= 0.6 is 0 Å². The fourth-order valence-corrected chi connectivity index (χ4v) is 1.13. The zero-order chi connectivity index (χ0) is 12.4. The van der Waals surface area contributed by atoms with Crippen LogP contribution in [0.1, 0.15) is 32.1 Å². The van der Waals surface area contributed by atoms with Gasteiger partial charge in [-0.05, 0) is 12.8 Å². The number of rotatable bonds is 8. The molecule has 3 N–H and O–H groups in total. The summed E-state index contributed by atoms with van der Waals surface area (Å²) >= 11 is 0. The number of nitrogens with two attached hydrogens (primary N) is 1. The van der Waals surface area contributed by atoms with Gasteiger partial charge in [0.05, 0.1) is 0 Å². The van der Waals surface area contributed by atoms with Gasteiger partial charge in [0.2, 0.25) is 0 Å². The average molecular weight is 227 g/mol. The van der Waals surface area contributed by atoms with Crippen molar-refractivity contribution in [3.63, 3.8) is 0 Å². The molecule has 0 saturated heterocycles. The highest BCUT2D eigenvalue weighted by atomic mass is 16.5. The van der Waals surface area contributed by atoms with Crippen LogP contribution in [0.3, 0.4) is 0 Å². The summed E-state index contributed by atoms with van der Waals surface area (Å²) in [5.41, 5.74) is 5.31. The van der Waals surface area contributed by atoms with Gasteiger partial charge in [-0.15, -0.1) is 6.42 Å². The highest BCUT2D eigenvalue weighted by molar-refractivity contribution is 5.72. The van der Waals surface area contributed by atoms with Gasteiger partial charge in [-0.1, -0.05) is 18.8 Å². The molecule has 0 unspecified atom stereocenters. The molecule has 0 spiro atoms. The zero-order valence-electron chi connectivity index (χ0n) is 9.15. The summed E-state index contributed by atoms with van der Waals surface area (Å²) in [4.78, 5) is 21.3. The molecular formula is C11H17NO4. The van der Waals surface area contributed by atoms with Gasteiger partial charge < -0.3 is 15.6 Å². The average Bonchev–Trinajstić information content (AvgIpc) is 2.25. The number of esters is 1. The Bertz CT molecular complexity index is 270. The molecule has 0 amide bonds. The Morgan fingerprint density at radius 2 is 2.06 bits per heavy atom. The van der Waals surface area contributed by atoms with Crippen LogP contribution in [0, 0.1) is 12.3 Å². The Morgan fingerprint density at radius 1 is 1.38 bits per heavy atom. The third-order valence-corrected chi connectivity index (χ3v) is 2.03. The van der Waals surface area contributed by atoms with E-state index in [2.05, 4.69) is 10.7 Å². The SMILES string of the molecule is C#CCOC(=O)CCCCC[C@H](N)C(=O)O. The largest absolute Gasteiger partial charge is 0.480 e. The van der Waals surface area contributed by atoms with E-state index in [1.807, 2.05) is 0 Å². The summed E-state index contributed by atoms with van der Waals surface area (Å²) in [6.07, 6.45) is 7.76. The van der Waals surface area contributed by atoms with Gasteiger partial charge >= 0.3 is 11.9 Å². The lowest BCUT2D eigenvalue weighted by atomic mass is 10.1. The van der Waals surface area contributed by atoms with Gasteiger partial charge in [0.25, 0.3) is 0 Å². The highest BCUT2D eigenvalue weighted by Gasteiger charge is 2.10. The van der Waals surface area contributed by atoms with E-state index in [4.69, 9.17) is 17.3 Å². The summed E-state index contributed by atoms with van der Waals surface area (Å²) in [6, 6.07) is -0.812. The number of hydrogen-bond acceptors (Lipinski definition) is 4. The van der Waals surface area contributed by atoms with Crippen LogP contribution in [0.25, 0.3) is 0 Å². The van der Waals surface area contributed by atoms with Crippen molar-refractivity contribution in [1.82, 2.24) is 0 Å². The van der Waals surface area contributed by atoms with E-state index in [-0.39, 0.29) is 12.6 Å². The first-order chi connectivity index (χ1) is 7.57. The predicted octanol–water partition coefficient (Wildman–Crippen LogP) is 0.525. The maximum atomic E-state index is 11.0. The number of carbonyl (C=O) groups excluding carboxylic acids is 1. The molecule has 5 nitrogen and oxygen atoms in total. The van der Waals surface area contributed by atoms with E-state index in [0.29, 0.717) is 25.7 Å². The van der Waals surface area contributed by atoms with Crippen LogP contribution in [-0.2, 0) is 14.3 Å². The Hall–Kier alpha value is -1.54. The number of carbonyl (C=O) groups is 2. The van der Waals surface area contributed by atoms with Crippen molar-refractivity contribution < 1.29 is 19.4 Å². The molecule has 16 heavy (non-hydrogen) atoms. The maximum Gasteiger partial charge on any atom is 0.320 e. The third kappa shape index (κ3) is 7.83. The topological polar surface area (TPSA) is 89.6 Å². The number of terminal acetylenes is 1. The van der Waals surface area contributed by atoms with E-state index in [1.54, 1.807) is 0 Å². The maximum absolute atomic E-state index is 11.0. The first kappa shape index (κ1) is 14.5. The van der Waals surface area contributed by atoms with Crippen molar-refractivity contribution in [3.8, 4) is 12.3 Å². The molecule has 0 rings (SSSR count). The van der Waals surface area contributed by atoms with Gasteiger partial charge in [-0.3, -0.25) is 9.59 Å². The van der Waals surface area contributed by atoms with E-state index >= 15 is 0 Å². The van der Waals surface area contributed by atoms with Crippen LogP contribution in [0.2, 0.25) is 0 Å². The van der Waals surface area contributed by atoms with Crippen LogP contribution in [-0.4, -0.2) is 29.7 Å². The van der Waals surface area contributed by atoms with Crippen LogP contribution in [0.15, 0.2) is 0 Å². The second-order valence-corrected chi connectivity index (χ2v) is 3.41. The van der Waals surface area contributed by atoms with E-state index < -0.39 is 12.0 Å². The van der Waals surface area contributed by atoms with Gasteiger partial charge in [0.1, 0.15) is 6.04 Å². The molecular weight excluding hydrogens is 210 g/mol. The molecule has 0 radical (unpaired) electrons. The molecule has 0 aromatic rings. The van der Waals surface area contributed by atoms with Crippen molar-refractivity contribution in [1.29, 1.82) is 0 Å². The predicted molar refractivity (Wildman–Crippen MR) is 58.5 cm³/mol. The lowest BCUT2D eigenvalue weighted by molar-refractivity contribution is -0.142. The van der Waals surface area contributed by atoms with E-state index in [0.717, 1.165) is 6.42 Å². The quantitative estimate of drug-likeness (QED) is 0.358. The smallest absolute Gasteiger partial charge is 0.320 e. The number of ether oxygens (including phenoxy) is 1. The molecule has 0 fully saturated rings. The first-order valence-corrected chi connectivity index (χ1v) is 5.15. The minimum atomic E-state index is -0.992. The van der Waals surface area contributed by atoms with Gasteiger partial charge in [0.15, 0.2) is 6.61 Å². The Labute approximate surface area is 95.0 Å². The number of unbranched alkanes of at least 4 members (excludes halogenated alkanes) is 2. The minimum Gasteiger partial charge on any atom is -0.480 e. The van der Waals surface area contributed by atoms with Crippen LogP contribution < -0.4 is 5.73 Å². The standard InChI is InChI=1S/C11H17NO4/c1-2-8-16-10(13)7-5-3-4-6-9(12)11(14)15/h1,9H,3-8,12H2,(H,14,15)/t9-/m0/s1. The molecule has 5 heteroatoms. The molecule has 0 aromatic heterocycles. The lowest BCUT2D eigenvalue weighted by Crippen LogP contribution is -2.29. The molecule has 90 valence electrons. The molecule has 1 atom stereocenters. The van der Waals surface area contributed by atoms with Gasteiger partial charge in [0, 0.05) is 6.42 Å². The molecule has 0 aliphatic carbocycles. The third-order valence-electron chi connectivity index (χ3n) is 2.03. The van der Waals surface area contributed by atoms with Crippen molar-refractivity contribution >= 4 is 11.9 Å². The number of carboxylic acid groups (broad SMARTS) is 1. The Balaban J connectivity index is 3.37. The van der Waals surface area contributed by atoms with Crippen molar-refractivity contribution in [2.45, 2.75) is 38.1 Å². The van der Waals surface area contributed by atoms with Crippen LogP contribution in [0.4, 0.5) is 0 Å². The number of hydrogen-bond donors (Lipinski definition) is 2. The zero-order valence-corrected chi connectivity index (χ0v) is 9.15. The molecule has 0 aliphatic heterocycles. The van der Waals surface area contributed by atoms with Crippen molar-refractivity contribution in [3.05, 3.63) is 0 Å². The molecule has 0 saturated carbocycles. The summed E-state index contributed by atoms with van der Waals surface area (Å²) < 4.78 is 4.66. The normalized spacial score (nSPS) is 11.5. The van der Waals surface area contributed by atoms with Crippen molar-refractivity contribution in [2.75, 3.05) is 6.61 Å². The van der Waals surface area contributed by atoms with Gasteiger partial charge in [-0.2, -0.15) is 0 Å². The summed E-state index contributed by atoms with van der Waals surface area (Å²) in [5.74, 6) is 0.892. The van der Waals surface area contributed by atoms with Gasteiger partial charge in [-0.25, -0.2) is 0 Å². The summed E-state index contributed by atoms with van der Waals surface area (Å²) in [7, 11) is 0. The first-order valence-electron chi connectivity index (χ1n) is 5.15. The molecule has 0 aliphatic rings. The number of aliphatic carboxylic acids is 1. The number of carboxylic acids is 1. The van der Waals surface area contributed by atoms with E-state index in [9.17, 15) is 9.59 Å². The Kier molecular flexibility index (Phi) is 7.90. The molecule has 0 aromatic carbocycles. The second-order valence-electron chi connectivity index (χ2n) is 3.41. The second kappa shape index (κ2) is 8.74. The van der Waals surface area contributed by atoms with Crippen molar-refractivity contribution in [2.24, 2.45) is 5.73 Å². The fraction of sp³-hybridized carbons (Fsp3) is 0.636. The summed E-state index contributed by atoms with van der Waals surface area (Å²) in [6.45, 7) is 0.00270. The van der Waals surface area contributed by atoms with E-state index in [1.165, 1.54) is 0 Å². The lowest BCUT2D eigenvalue weighted by Gasteiger charge is -2.05. The highest BCUT2D eigenvalue weighted by Crippen LogP contribution is 2.05. The van der Waals surface area contributed by atoms with Crippen LogP contribution in [0.5, 0.6) is 0 Å². The fourth-order valence-electron chi connectivity index (χ4n) is 1.13. The minimum absolute atomic E-state index is 0.00270.